The van der Waals surface area contributed by atoms with Crippen molar-refractivity contribution in [2.45, 2.75) is 25.9 Å². The van der Waals surface area contributed by atoms with Gasteiger partial charge in [0.15, 0.2) is 0 Å². The van der Waals surface area contributed by atoms with Gasteiger partial charge < -0.3 is 10.2 Å². The first-order valence-electron chi connectivity index (χ1n) is 11.5. The summed E-state index contributed by atoms with van der Waals surface area (Å²) in [6.45, 7) is 1.99. The highest BCUT2D eigenvalue weighted by molar-refractivity contribution is 7.92. The molecular weight excluding hydrogens is 462 g/mol. The summed E-state index contributed by atoms with van der Waals surface area (Å²) >= 11 is 0. The van der Waals surface area contributed by atoms with Crippen molar-refractivity contribution in [3.8, 4) is 0 Å². The van der Waals surface area contributed by atoms with Crippen LogP contribution in [0.3, 0.4) is 0 Å². The summed E-state index contributed by atoms with van der Waals surface area (Å²) in [5, 5.41) is 2.84. The highest BCUT2D eigenvalue weighted by Crippen LogP contribution is 2.20. The van der Waals surface area contributed by atoms with E-state index in [1.54, 1.807) is 30.3 Å². The van der Waals surface area contributed by atoms with Crippen molar-refractivity contribution in [3.63, 3.8) is 0 Å². The van der Waals surface area contributed by atoms with Crippen molar-refractivity contribution >= 4 is 27.5 Å². The molecule has 0 fully saturated rings. The van der Waals surface area contributed by atoms with Crippen molar-refractivity contribution in [3.05, 3.63) is 102 Å². The standard InChI is InChI=1S/C27H31N3O4S/c1-3-28-27(32)25(19-22-13-7-4-8-14-22)29(20-23-15-9-5-10-16-23)26(31)21-30(35(2,33)34)24-17-11-6-12-18-24/h4-18,25H,3,19-21H2,1-2H3,(H,28,32)/t25-/m1/s1. The maximum Gasteiger partial charge on any atom is 0.244 e. The second-order valence-corrected chi connectivity index (χ2v) is 10.1. The normalized spacial score (nSPS) is 11.9. The molecule has 0 aliphatic heterocycles. The first kappa shape index (κ1) is 26.0. The molecule has 0 aliphatic carbocycles. The van der Waals surface area contributed by atoms with Gasteiger partial charge in [-0.15, -0.1) is 0 Å². The molecule has 0 saturated carbocycles. The van der Waals surface area contributed by atoms with E-state index in [9.17, 15) is 18.0 Å². The quantitative estimate of drug-likeness (QED) is 0.444. The summed E-state index contributed by atoms with van der Waals surface area (Å²) < 4.78 is 26.3. The summed E-state index contributed by atoms with van der Waals surface area (Å²) in [5.74, 6) is -0.749. The van der Waals surface area contributed by atoms with E-state index in [1.165, 1.54) is 4.90 Å². The van der Waals surface area contributed by atoms with Gasteiger partial charge in [0.1, 0.15) is 12.6 Å². The van der Waals surface area contributed by atoms with Crippen LogP contribution >= 0.6 is 0 Å². The van der Waals surface area contributed by atoms with Gasteiger partial charge >= 0.3 is 0 Å². The number of benzene rings is 3. The second-order valence-electron chi connectivity index (χ2n) is 8.21. The van der Waals surface area contributed by atoms with Crippen LogP contribution in [0.5, 0.6) is 0 Å². The topological polar surface area (TPSA) is 86.8 Å². The average Bonchev–Trinajstić information content (AvgIpc) is 2.85. The largest absolute Gasteiger partial charge is 0.355 e. The molecule has 1 atom stereocenters. The molecule has 3 aromatic rings. The van der Waals surface area contributed by atoms with Gasteiger partial charge in [-0.05, 0) is 30.2 Å². The Morgan fingerprint density at radius 2 is 1.34 bits per heavy atom. The van der Waals surface area contributed by atoms with Crippen LogP contribution in [0.25, 0.3) is 0 Å². The Balaban J connectivity index is 2.00. The Bertz CT molecular complexity index is 1200. The third-order valence-corrected chi connectivity index (χ3v) is 6.68. The molecule has 0 spiro atoms. The molecule has 0 saturated heterocycles. The van der Waals surface area contributed by atoms with E-state index in [-0.39, 0.29) is 12.5 Å². The monoisotopic (exact) mass is 493 g/mol. The number of anilines is 1. The molecular formula is C27H31N3O4S. The van der Waals surface area contributed by atoms with Crippen LogP contribution in [0.15, 0.2) is 91.0 Å². The van der Waals surface area contributed by atoms with Crippen LogP contribution in [-0.2, 0) is 32.6 Å². The van der Waals surface area contributed by atoms with Crippen molar-refractivity contribution in [2.75, 3.05) is 23.7 Å². The highest BCUT2D eigenvalue weighted by Gasteiger charge is 2.32. The summed E-state index contributed by atoms with van der Waals surface area (Å²) in [6, 6.07) is 26.5. The number of para-hydroxylation sites is 1. The van der Waals surface area contributed by atoms with Crippen LogP contribution < -0.4 is 9.62 Å². The Morgan fingerprint density at radius 3 is 1.86 bits per heavy atom. The summed E-state index contributed by atoms with van der Waals surface area (Å²) in [6.07, 6.45) is 1.37. The molecule has 0 aromatic heterocycles. The van der Waals surface area contributed by atoms with E-state index in [4.69, 9.17) is 0 Å². The van der Waals surface area contributed by atoms with Gasteiger partial charge in [0.2, 0.25) is 21.8 Å². The summed E-state index contributed by atoms with van der Waals surface area (Å²) in [7, 11) is -3.75. The fourth-order valence-corrected chi connectivity index (χ4v) is 4.68. The first-order valence-corrected chi connectivity index (χ1v) is 13.3. The zero-order valence-electron chi connectivity index (χ0n) is 20.0. The lowest BCUT2D eigenvalue weighted by molar-refractivity contribution is -0.140. The zero-order chi connectivity index (χ0) is 25.3. The van der Waals surface area contributed by atoms with Gasteiger partial charge in [0.25, 0.3) is 0 Å². The maximum atomic E-state index is 13.8. The number of nitrogens with zero attached hydrogens (tertiary/aromatic N) is 2. The molecule has 0 aliphatic rings. The van der Waals surface area contributed by atoms with Crippen molar-refractivity contribution in [1.29, 1.82) is 0 Å². The van der Waals surface area contributed by atoms with Gasteiger partial charge in [0.05, 0.1) is 11.9 Å². The van der Waals surface area contributed by atoms with E-state index >= 15 is 0 Å². The molecule has 3 aromatic carbocycles. The molecule has 184 valence electrons. The maximum absolute atomic E-state index is 13.8. The minimum atomic E-state index is -3.75. The number of nitrogens with one attached hydrogen (secondary N) is 1. The predicted octanol–water partition coefficient (Wildman–Crippen LogP) is 3.23. The highest BCUT2D eigenvalue weighted by atomic mass is 32.2. The van der Waals surface area contributed by atoms with E-state index in [0.29, 0.717) is 18.7 Å². The van der Waals surface area contributed by atoms with Gasteiger partial charge in [-0.1, -0.05) is 78.9 Å². The zero-order valence-corrected chi connectivity index (χ0v) is 20.8. The smallest absolute Gasteiger partial charge is 0.244 e. The van der Waals surface area contributed by atoms with Crippen molar-refractivity contribution in [1.82, 2.24) is 10.2 Å². The van der Waals surface area contributed by atoms with E-state index in [1.807, 2.05) is 67.6 Å². The minimum absolute atomic E-state index is 0.167. The van der Waals surface area contributed by atoms with E-state index in [2.05, 4.69) is 5.32 Å². The molecule has 3 rings (SSSR count). The molecule has 0 radical (unpaired) electrons. The fourth-order valence-electron chi connectivity index (χ4n) is 3.83. The number of rotatable bonds is 11. The molecule has 1 N–H and O–H groups in total. The third-order valence-electron chi connectivity index (χ3n) is 5.54. The molecule has 7 nitrogen and oxygen atoms in total. The van der Waals surface area contributed by atoms with Gasteiger partial charge in [-0.3, -0.25) is 13.9 Å². The van der Waals surface area contributed by atoms with Crippen molar-refractivity contribution in [2.24, 2.45) is 0 Å². The molecule has 8 heteroatoms. The van der Waals surface area contributed by atoms with Gasteiger partial charge in [-0.2, -0.15) is 0 Å². The van der Waals surface area contributed by atoms with Gasteiger partial charge in [0, 0.05) is 19.5 Å². The number of amides is 2. The number of hydrogen-bond donors (Lipinski definition) is 1. The van der Waals surface area contributed by atoms with Crippen LogP contribution in [0.1, 0.15) is 18.1 Å². The van der Waals surface area contributed by atoms with E-state index in [0.717, 1.165) is 21.7 Å². The molecule has 0 heterocycles. The molecule has 35 heavy (non-hydrogen) atoms. The SMILES string of the molecule is CCNC(=O)[C@@H](Cc1ccccc1)N(Cc1ccccc1)C(=O)CN(c1ccccc1)S(C)(=O)=O. The Morgan fingerprint density at radius 1 is 0.829 bits per heavy atom. The summed E-state index contributed by atoms with van der Waals surface area (Å²) in [4.78, 5) is 28.4. The molecule has 0 unspecified atom stereocenters. The molecule has 2 amide bonds. The van der Waals surface area contributed by atoms with Gasteiger partial charge in [-0.25, -0.2) is 8.42 Å². The summed E-state index contributed by atoms with van der Waals surface area (Å²) in [5.41, 5.74) is 2.13. The van der Waals surface area contributed by atoms with Crippen LogP contribution in [0.2, 0.25) is 0 Å². The Labute approximate surface area is 207 Å². The number of sulfonamides is 1. The fraction of sp³-hybridized carbons (Fsp3) is 0.259. The lowest BCUT2D eigenvalue weighted by Gasteiger charge is -2.33. The number of carbonyl (C=O) groups excluding carboxylic acids is 2. The lowest BCUT2D eigenvalue weighted by atomic mass is 10.0. The van der Waals surface area contributed by atoms with Crippen LogP contribution in [-0.4, -0.2) is 50.5 Å². The predicted molar refractivity (Wildman–Crippen MR) is 138 cm³/mol. The number of hydrogen-bond acceptors (Lipinski definition) is 4. The molecule has 0 bridgehead atoms. The Kier molecular flexibility index (Phi) is 9.03. The first-order chi connectivity index (χ1) is 16.8. The number of carbonyl (C=O) groups is 2. The second kappa shape index (κ2) is 12.2. The van der Waals surface area contributed by atoms with Crippen LogP contribution in [0, 0.1) is 0 Å². The average molecular weight is 494 g/mol. The third kappa shape index (κ3) is 7.42. The lowest BCUT2D eigenvalue weighted by Crippen LogP contribution is -2.53. The Hall–Kier alpha value is -3.65. The van der Waals surface area contributed by atoms with Crippen molar-refractivity contribution < 1.29 is 18.0 Å². The van der Waals surface area contributed by atoms with Crippen LogP contribution in [0.4, 0.5) is 5.69 Å². The number of likely N-dealkylation sites (N-methyl/N-ethyl adjacent to an activating group) is 1. The minimum Gasteiger partial charge on any atom is -0.355 e. The van der Waals surface area contributed by atoms with E-state index < -0.39 is 28.5 Å².